The summed E-state index contributed by atoms with van der Waals surface area (Å²) in [5, 5.41) is 9.63. The summed E-state index contributed by atoms with van der Waals surface area (Å²) in [5.41, 5.74) is 0.420. The van der Waals surface area contributed by atoms with Crippen LogP contribution in [0.2, 0.25) is 10.0 Å². The Morgan fingerprint density at radius 3 is 2.71 bits per heavy atom. The number of nitrogens with zero attached hydrogens (tertiary/aromatic N) is 1. The first kappa shape index (κ1) is 16.1. The highest BCUT2D eigenvalue weighted by atomic mass is 35.5. The Hall–Kier alpha value is -1.26. The predicted octanol–water partition coefficient (Wildman–Crippen LogP) is 3.85. The summed E-state index contributed by atoms with van der Waals surface area (Å²) in [6.07, 6.45) is 3.34. The molecule has 1 aromatic carbocycles. The summed E-state index contributed by atoms with van der Waals surface area (Å²) in [7, 11) is 0. The second-order valence-electron chi connectivity index (χ2n) is 5.20. The van der Waals surface area contributed by atoms with Crippen molar-refractivity contribution in [1.82, 2.24) is 4.90 Å². The smallest absolute Gasteiger partial charge is 0.303 e. The van der Waals surface area contributed by atoms with Gasteiger partial charge in [-0.3, -0.25) is 9.59 Å². The fraction of sp³-hybridized carbons (Fsp3) is 0.467. The van der Waals surface area contributed by atoms with Gasteiger partial charge in [-0.15, -0.1) is 0 Å². The van der Waals surface area contributed by atoms with E-state index in [4.69, 9.17) is 28.3 Å². The van der Waals surface area contributed by atoms with Crippen LogP contribution < -0.4 is 0 Å². The highest BCUT2D eigenvalue weighted by Crippen LogP contribution is 2.27. The molecule has 0 aromatic heterocycles. The van der Waals surface area contributed by atoms with Crippen LogP contribution in [0.25, 0.3) is 0 Å². The number of carboxylic acid groups (broad SMARTS) is 1. The molecule has 1 atom stereocenters. The molecule has 2 rings (SSSR count). The average molecular weight is 330 g/mol. The minimum absolute atomic E-state index is 0.0332. The van der Waals surface area contributed by atoms with Gasteiger partial charge in [-0.1, -0.05) is 23.2 Å². The molecular formula is C15H17Cl2NO3. The van der Waals surface area contributed by atoms with Crippen molar-refractivity contribution in [2.45, 2.75) is 38.1 Å². The lowest BCUT2D eigenvalue weighted by molar-refractivity contribution is -0.137. The van der Waals surface area contributed by atoms with Crippen molar-refractivity contribution in [1.29, 1.82) is 0 Å². The van der Waals surface area contributed by atoms with Crippen molar-refractivity contribution >= 4 is 35.1 Å². The number of piperidine rings is 1. The average Bonchev–Trinajstić information content (AvgIpc) is 2.45. The SMILES string of the molecule is O=C(O)CCC1CCCCN1C(=O)c1ccc(Cl)cc1Cl. The van der Waals surface area contributed by atoms with Crippen LogP contribution in [0, 0.1) is 0 Å². The Morgan fingerprint density at radius 1 is 1.29 bits per heavy atom. The van der Waals surface area contributed by atoms with Gasteiger partial charge >= 0.3 is 5.97 Å². The molecule has 0 bridgehead atoms. The zero-order chi connectivity index (χ0) is 15.4. The van der Waals surface area contributed by atoms with Crippen LogP contribution in [0.5, 0.6) is 0 Å². The van der Waals surface area contributed by atoms with E-state index < -0.39 is 5.97 Å². The minimum Gasteiger partial charge on any atom is -0.481 e. The lowest BCUT2D eigenvalue weighted by Crippen LogP contribution is -2.44. The standard InChI is InChI=1S/C15H17Cl2NO3/c16-10-4-6-12(13(17)9-10)15(21)18-8-2-1-3-11(18)5-7-14(19)20/h4,6,9,11H,1-3,5,7-8H2,(H,19,20). The van der Waals surface area contributed by atoms with Crippen molar-refractivity contribution in [2.75, 3.05) is 6.54 Å². The number of aliphatic carboxylic acids is 1. The molecule has 1 heterocycles. The van der Waals surface area contributed by atoms with Gasteiger partial charge < -0.3 is 10.0 Å². The van der Waals surface area contributed by atoms with Crippen LogP contribution in [-0.2, 0) is 4.79 Å². The number of carbonyl (C=O) groups excluding carboxylic acids is 1. The van der Waals surface area contributed by atoms with Crippen LogP contribution in [-0.4, -0.2) is 34.5 Å². The first-order valence-electron chi connectivity index (χ1n) is 6.97. The molecule has 4 nitrogen and oxygen atoms in total. The number of benzene rings is 1. The molecular weight excluding hydrogens is 313 g/mol. The summed E-state index contributed by atoms with van der Waals surface area (Å²) in [6, 6.07) is 4.77. The number of halogens is 2. The van der Waals surface area contributed by atoms with Crippen LogP contribution >= 0.6 is 23.2 Å². The summed E-state index contributed by atoms with van der Waals surface area (Å²) < 4.78 is 0. The first-order chi connectivity index (χ1) is 9.99. The lowest BCUT2D eigenvalue weighted by atomic mass is 9.97. The normalized spacial score (nSPS) is 18.6. The number of carboxylic acids is 1. The molecule has 0 spiro atoms. The molecule has 1 unspecified atom stereocenters. The third-order valence-electron chi connectivity index (χ3n) is 3.74. The molecule has 0 aliphatic carbocycles. The van der Waals surface area contributed by atoms with Crippen molar-refractivity contribution in [2.24, 2.45) is 0 Å². The van der Waals surface area contributed by atoms with E-state index >= 15 is 0 Å². The van der Waals surface area contributed by atoms with Gasteiger partial charge in [-0.25, -0.2) is 0 Å². The molecule has 1 aromatic rings. The Kier molecular flexibility index (Phi) is 5.48. The Balaban J connectivity index is 2.16. The van der Waals surface area contributed by atoms with Gasteiger partial charge in [0.05, 0.1) is 10.6 Å². The molecule has 1 aliphatic rings. The van der Waals surface area contributed by atoms with Gasteiger partial charge in [-0.2, -0.15) is 0 Å². The molecule has 1 fully saturated rings. The van der Waals surface area contributed by atoms with Gasteiger partial charge in [0.25, 0.3) is 5.91 Å². The molecule has 1 N–H and O–H groups in total. The van der Waals surface area contributed by atoms with E-state index in [1.165, 1.54) is 0 Å². The number of amides is 1. The zero-order valence-corrected chi connectivity index (χ0v) is 13.0. The Labute approximate surface area is 133 Å². The van der Waals surface area contributed by atoms with E-state index in [2.05, 4.69) is 0 Å². The first-order valence-corrected chi connectivity index (χ1v) is 7.72. The molecule has 1 amide bonds. The van der Waals surface area contributed by atoms with Crippen molar-refractivity contribution in [3.05, 3.63) is 33.8 Å². The van der Waals surface area contributed by atoms with Gasteiger partial charge in [0.15, 0.2) is 0 Å². The quantitative estimate of drug-likeness (QED) is 0.912. The molecule has 6 heteroatoms. The van der Waals surface area contributed by atoms with E-state index in [1.807, 2.05) is 0 Å². The fourth-order valence-electron chi connectivity index (χ4n) is 2.68. The number of rotatable bonds is 4. The molecule has 0 radical (unpaired) electrons. The van der Waals surface area contributed by atoms with E-state index in [0.29, 0.717) is 28.6 Å². The molecule has 1 saturated heterocycles. The highest BCUT2D eigenvalue weighted by molar-refractivity contribution is 6.36. The lowest BCUT2D eigenvalue weighted by Gasteiger charge is -2.36. The highest BCUT2D eigenvalue weighted by Gasteiger charge is 2.28. The van der Waals surface area contributed by atoms with E-state index in [1.54, 1.807) is 23.1 Å². The number of likely N-dealkylation sites (tertiary alicyclic amines) is 1. The molecule has 1 aliphatic heterocycles. The Bertz CT molecular complexity index is 548. The molecule has 0 saturated carbocycles. The summed E-state index contributed by atoms with van der Waals surface area (Å²) >= 11 is 11.9. The van der Waals surface area contributed by atoms with Crippen LogP contribution in [0.15, 0.2) is 18.2 Å². The third kappa shape index (κ3) is 4.11. The predicted molar refractivity (Wildman–Crippen MR) is 82.0 cm³/mol. The zero-order valence-electron chi connectivity index (χ0n) is 11.5. The van der Waals surface area contributed by atoms with Gasteiger partial charge in [0.1, 0.15) is 0 Å². The van der Waals surface area contributed by atoms with E-state index in [0.717, 1.165) is 19.3 Å². The topological polar surface area (TPSA) is 57.6 Å². The second-order valence-corrected chi connectivity index (χ2v) is 6.05. The number of carbonyl (C=O) groups is 2. The fourth-order valence-corrected chi connectivity index (χ4v) is 3.17. The Morgan fingerprint density at radius 2 is 2.05 bits per heavy atom. The summed E-state index contributed by atoms with van der Waals surface area (Å²) in [5.74, 6) is -0.982. The maximum Gasteiger partial charge on any atom is 0.303 e. The van der Waals surface area contributed by atoms with Crippen molar-refractivity contribution in [3.63, 3.8) is 0 Å². The van der Waals surface area contributed by atoms with Gasteiger partial charge in [0.2, 0.25) is 0 Å². The van der Waals surface area contributed by atoms with Crippen LogP contribution in [0.3, 0.4) is 0 Å². The largest absolute Gasteiger partial charge is 0.481 e. The van der Waals surface area contributed by atoms with Crippen molar-refractivity contribution in [3.8, 4) is 0 Å². The van der Waals surface area contributed by atoms with E-state index in [-0.39, 0.29) is 18.4 Å². The van der Waals surface area contributed by atoms with Crippen LogP contribution in [0.1, 0.15) is 42.5 Å². The third-order valence-corrected chi connectivity index (χ3v) is 4.29. The maximum absolute atomic E-state index is 12.6. The van der Waals surface area contributed by atoms with E-state index in [9.17, 15) is 9.59 Å². The summed E-state index contributed by atoms with van der Waals surface area (Å²) in [4.78, 5) is 25.1. The molecule has 114 valence electrons. The minimum atomic E-state index is -0.836. The van der Waals surface area contributed by atoms with Gasteiger partial charge in [0, 0.05) is 24.0 Å². The van der Waals surface area contributed by atoms with Crippen LogP contribution in [0.4, 0.5) is 0 Å². The number of hydrogen-bond donors (Lipinski definition) is 1. The summed E-state index contributed by atoms with van der Waals surface area (Å²) in [6.45, 7) is 0.641. The molecule has 21 heavy (non-hydrogen) atoms. The maximum atomic E-state index is 12.6. The monoisotopic (exact) mass is 329 g/mol. The van der Waals surface area contributed by atoms with Crippen molar-refractivity contribution < 1.29 is 14.7 Å². The van der Waals surface area contributed by atoms with Gasteiger partial charge in [-0.05, 0) is 43.9 Å². The second kappa shape index (κ2) is 7.14. The number of hydrogen-bond acceptors (Lipinski definition) is 2.